The Morgan fingerprint density at radius 2 is 0.857 bits per heavy atom. The van der Waals surface area contributed by atoms with Gasteiger partial charge in [-0.15, -0.1) is 0 Å². The van der Waals surface area contributed by atoms with Gasteiger partial charge in [-0.3, -0.25) is 0 Å². The molecule has 4 rings (SSSR count). The topological polar surface area (TPSA) is 9.23 Å². The summed E-state index contributed by atoms with van der Waals surface area (Å²) in [5.74, 6) is 0.941. The number of hydrogen-bond donors (Lipinski definition) is 0. The number of hydrogen-bond acceptors (Lipinski definition) is 1. The smallest absolute Gasteiger partial charge is 0.119 e. The number of benzene rings is 4. The van der Waals surface area contributed by atoms with Crippen LogP contribution in [-0.2, 0) is 5.41 Å². The minimum absolute atomic E-state index is 0.405. The van der Waals surface area contributed by atoms with Gasteiger partial charge in [-0.2, -0.15) is 0 Å². The zero-order valence-electron chi connectivity index (χ0n) is 20.4. The third-order valence-corrected chi connectivity index (χ3v) is 7.27. The van der Waals surface area contributed by atoms with Crippen molar-refractivity contribution >= 4 is 15.9 Å². The number of unbranched alkanes of at least 4 members (excludes halogenated alkanes) is 5. The molecule has 0 amide bonds. The van der Waals surface area contributed by atoms with Crippen molar-refractivity contribution in [3.63, 3.8) is 0 Å². The first-order chi connectivity index (χ1) is 17.4. The van der Waals surface area contributed by atoms with E-state index in [0.29, 0.717) is 0 Å². The Labute approximate surface area is 219 Å². The maximum atomic E-state index is 6.11. The first-order valence-electron chi connectivity index (χ1n) is 12.8. The molecule has 0 aliphatic heterocycles. The highest BCUT2D eigenvalue weighted by molar-refractivity contribution is 9.09. The van der Waals surface area contributed by atoms with Gasteiger partial charge in [0, 0.05) is 5.33 Å². The summed E-state index contributed by atoms with van der Waals surface area (Å²) >= 11 is 3.51. The lowest BCUT2D eigenvalue weighted by atomic mass is 9.65. The number of rotatable bonds is 13. The van der Waals surface area contributed by atoms with Crippen molar-refractivity contribution in [3.8, 4) is 5.75 Å². The van der Waals surface area contributed by atoms with Crippen LogP contribution in [0.15, 0.2) is 115 Å². The highest BCUT2D eigenvalue weighted by Crippen LogP contribution is 2.45. The summed E-state index contributed by atoms with van der Waals surface area (Å²) in [5, 5.41) is 1.12. The molecule has 180 valence electrons. The summed E-state index contributed by atoms with van der Waals surface area (Å²) in [4.78, 5) is 0. The van der Waals surface area contributed by atoms with Gasteiger partial charge in [0.25, 0.3) is 0 Å². The van der Waals surface area contributed by atoms with E-state index < -0.39 is 5.41 Å². The minimum atomic E-state index is -0.405. The molecule has 2 heteroatoms. The molecule has 0 saturated carbocycles. The molecule has 0 N–H and O–H groups in total. The van der Waals surface area contributed by atoms with Crippen molar-refractivity contribution in [3.05, 3.63) is 138 Å². The van der Waals surface area contributed by atoms with Crippen LogP contribution in [0.4, 0.5) is 0 Å². The first-order valence-corrected chi connectivity index (χ1v) is 13.9. The van der Waals surface area contributed by atoms with Gasteiger partial charge in [-0.05, 0) is 47.2 Å². The summed E-state index contributed by atoms with van der Waals surface area (Å²) in [6.07, 6.45) is 7.56. The predicted octanol–water partition coefficient (Wildman–Crippen LogP) is 9.18. The van der Waals surface area contributed by atoms with Gasteiger partial charge < -0.3 is 4.74 Å². The van der Waals surface area contributed by atoms with Gasteiger partial charge in [0.15, 0.2) is 0 Å². The van der Waals surface area contributed by atoms with Crippen LogP contribution >= 0.6 is 15.9 Å². The van der Waals surface area contributed by atoms with Gasteiger partial charge in [0.05, 0.1) is 12.0 Å². The minimum Gasteiger partial charge on any atom is -0.494 e. The molecule has 0 spiro atoms. The molecule has 0 heterocycles. The standard InChI is InChI=1S/C33H35BrO/c34-26-14-3-1-2-4-15-27-35-32-24-22-31(23-25-32)33(28-16-8-5-9-17-28,29-18-10-6-11-19-29)30-20-12-7-13-21-30/h5-13,16-25H,1-4,14-15,26-27H2. The molecule has 0 unspecified atom stereocenters. The number of halogens is 1. The van der Waals surface area contributed by atoms with Crippen LogP contribution in [0.25, 0.3) is 0 Å². The van der Waals surface area contributed by atoms with Crippen molar-refractivity contribution in [2.24, 2.45) is 0 Å². The molecule has 0 aliphatic carbocycles. The summed E-state index contributed by atoms with van der Waals surface area (Å²) in [6.45, 7) is 0.777. The van der Waals surface area contributed by atoms with Gasteiger partial charge in [0.2, 0.25) is 0 Å². The van der Waals surface area contributed by atoms with E-state index in [4.69, 9.17) is 4.74 Å². The van der Waals surface area contributed by atoms with Crippen LogP contribution in [0.3, 0.4) is 0 Å². The Morgan fingerprint density at radius 3 is 1.31 bits per heavy atom. The summed E-state index contributed by atoms with van der Waals surface area (Å²) < 4.78 is 6.11. The fourth-order valence-corrected chi connectivity index (χ4v) is 5.36. The van der Waals surface area contributed by atoms with Crippen LogP contribution in [0, 0.1) is 0 Å². The van der Waals surface area contributed by atoms with E-state index in [-0.39, 0.29) is 0 Å². The fraction of sp³-hybridized carbons (Fsp3) is 0.273. The number of alkyl halides is 1. The maximum absolute atomic E-state index is 6.11. The van der Waals surface area contributed by atoms with Gasteiger partial charge in [-0.1, -0.05) is 145 Å². The monoisotopic (exact) mass is 526 g/mol. The molecule has 0 aromatic heterocycles. The Hall–Kier alpha value is -2.84. The zero-order valence-corrected chi connectivity index (χ0v) is 22.0. The van der Waals surface area contributed by atoms with Gasteiger partial charge >= 0.3 is 0 Å². The molecule has 0 atom stereocenters. The number of ether oxygens (including phenoxy) is 1. The fourth-order valence-electron chi connectivity index (χ4n) is 4.96. The molecule has 1 nitrogen and oxygen atoms in total. The van der Waals surface area contributed by atoms with E-state index in [0.717, 1.165) is 24.1 Å². The maximum Gasteiger partial charge on any atom is 0.119 e. The van der Waals surface area contributed by atoms with Crippen molar-refractivity contribution in [2.75, 3.05) is 11.9 Å². The molecular formula is C33H35BrO. The summed E-state index contributed by atoms with van der Waals surface area (Å²) in [6, 6.07) is 41.2. The molecule has 0 fully saturated rings. The van der Waals surface area contributed by atoms with E-state index in [9.17, 15) is 0 Å². The summed E-state index contributed by atoms with van der Waals surface area (Å²) in [5.41, 5.74) is 4.60. The van der Waals surface area contributed by atoms with Crippen molar-refractivity contribution in [1.82, 2.24) is 0 Å². The highest BCUT2D eigenvalue weighted by Gasteiger charge is 2.38. The van der Waals surface area contributed by atoms with E-state index in [2.05, 4.69) is 131 Å². The van der Waals surface area contributed by atoms with Crippen molar-refractivity contribution in [1.29, 1.82) is 0 Å². The zero-order chi connectivity index (χ0) is 24.2. The lowest BCUT2D eigenvalue weighted by Crippen LogP contribution is -2.30. The molecule has 0 aliphatic rings. The quantitative estimate of drug-likeness (QED) is 0.0957. The molecule has 0 saturated heterocycles. The van der Waals surface area contributed by atoms with E-state index >= 15 is 0 Å². The molecule has 0 bridgehead atoms. The van der Waals surface area contributed by atoms with Gasteiger partial charge in [-0.25, -0.2) is 0 Å². The molecule has 4 aromatic rings. The normalized spacial score (nSPS) is 11.3. The largest absolute Gasteiger partial charge is 0.494 e. The van der Waals surface area contributed by atoms with Crippen LogP contribution in [0.2, 0.25) is 0 Å². The lowest BCUT2D eigenvalue weighted by Gasteiger charge is -2.36. The highest BCUT2D eigenvalue weighted by atomic mass is 79.9. The SMILES string of the molecule is BrCCCCCCCCOc1ccc(C(c2ccccc2)(c2ccccc2)c2ccccc2)cc1. The molecule has 35 heavy (non-hydrogen) atoms. The summed E-state index contributed by atoms with van der Waals surface area (Å²) in [7, 11) is 0. The second-order valence-electron chi connectivity index (χ2n) is 9.03. The van der Waals surface area contributed by atoms with E-state index in [1.807, 2.05) is 0 Å². The third kappa shape index (κ3) is 6.24. The first kappa shape index (κ1) is 25.3. The third-order valence-electron chi connectivity index (χ3n) is 6.70. The van der Waals surface area contributed by atoms with Crippen molar-refractivity contribution in [2.45, 2.75) is 43.9 Å². The molecule has 4 aromatic carbocycles. The Kier molecular flexibility index (Phi) is 9.60. The molecule has 0 radical (unpaired) electrons. The lowest BCUT2D eigenvalue weighted by molar-refractivity contribution is 0.304. The van der Waals surface area contributed by atoms with Crippen LogP contribution in [-0.4, -0.2) is 11.9 Å². The Bertz CT molecular complexity index is 1010. The van der Waals surface area contributed by atoms with Crippen molar-refractivity contribution < 1.29 is 4.74 Å². The van der Waals surface area contributed by atoms with Crippen LogP contribution in [0.5, 0.6) is 5.75 Å². The average Bonchev–Trinajstić information content (AvgIpc) is 2.93. The van der Waals surface area contributed by atoms with E-state index in [1.165, 1.54) is 54.4 Å². The Morgan fingerprint density at radius 1 is 0.457 bits per heavy atom. The van der Waals surface area contributed by atoms with E-state index in [1.54, 1.807) is 0 Å². The predicted molar refractivity (Wildman–Crippen MR) is 152 cm³/mol. The Balaban J connectivity index is 1.59. The van der Waals surface area contributed by atoms with Crippen LogP contribution in [0.1, 0.15) is 60.8 Å². The average molecular weight is 528 g/mol. The second kappa shape index (κ2) is 13.3. The second-order valence-corrected chi connectivity index (χ2v) is 9.82. The molecular weight excluding hydrogens is 492 g/mol. The van der Waals surface area contributed by atoms with Gasteiger partial charge in [0.1, 0.15) is 5.75 Å². The van der Waals surface area contributed by atoms with Crippen LogP contribution < -0.4 is 4.74 Å².